The van der Waals surface area contributed by atoms with Gasteiger partial charge in [-0.15, -0.1) is 10.2 Å². The van der Waals surface area contributed by atoms with Crippen LogP contribution < -0.4 is 15.0 Å². The molecular formula is C15H18ClN5O2. The van der Waals surface area contributed by atoms with Crippen LogP contribution >= 0.6 is 11.6 Å². The van der Waals surface area contributed by atoms with Gasteiger partial charge < -0.3 is 19.5 Å². The van der Waals surface area contributed by atoms with Crippen molar-refractivity contribution in [3.8, 4) is 5.75 Å². The third kappa shape index (κ3) is 3.73. The van der Waals surface area contributed by atoms with Gasteiger partial charge in [0.15, 0.2) is 0 Å². The molecule has 0 saturated carbocycles. The predicted octanol–water partition coefficient (Wildman–Crippen LogP) is 1.03. The first-order valence-corrected chi connectivity index (χ1v) is 7.78. The van der Waals surface area contributed by atoms with Gasteiger partial charge >= 0.3 is 0 Å². The lowest BCUT2D eigenvalue weighted by Crippen LogP contribution is -2.41. The van der Waals surface area contributed by atoms with Gasteiger partial charge in [0.2, 0.25) is 5.91 Å². The molecule has 8 heteroatoms. The topological polar surface area (TPSA) is 72.3 Å². The van der Waals surface area contributed by atoms with Gasteiger partial charge in [-0.25, -0.2) is 0 Å². The van der Waals surface area contributed by atoms with Crippen molar-refractivity contribution in [2.24, 2.45) is 7.05 Å². The molecule has 0 atom stereocenters. The summed E-state index contributed by atoms with van der Waals surface area (Å²) in [7, 11) is 1.88. The average molecular weight is 336 g/mol. The highest BCUT2D eigenvalue weighted by molar-refractivity contribution is 6.31. The summed E-state index contributed by atoms with van der Waals surface area (Å²) in [5.74, 6) is 1.56. The summed E-state index contributed by atoms with van der Waals surface area (Å²) in [6.07, 6.45) is 2.29. The highest BCUT2D eigenvalue weighted by atomic mass is 35.5. The Labute approximate surface area is 139 Å². The molecule has 1 amide bonds. The summed E-state index contributed by atoms with van der Waals surface area (Å²) in [6, 6.07) is 5.43. The van der Waals surface area contributed by atoms with Crippen molar-refractivity contribution in [2.45, 2.75) is 6.42 Å². The molecule has 1 aromatic carbocycles. The van der Waals surface area contributed by atoms with E-state index in [4.69, 9.17) is 16.3 Å². The second-order valence-corrected chi connectivity index (χ2v) is 5.78. The van der Waals surface area contributed by atoms with Crippen LogP contribution in [0.3, 0.4) is 0 Å². The molecule has 0 unspecified atom stereocenters. The molecule has 0 aliphatic carbocycles. The van der Waals surface area contributed by atoms with E-state index in [0.717, 1.165) is 17.3 Å². The molecule has 0 spiro atoms. The fourth-order valence-corrected chi connectivity index (χ4v) is 2.65. The van der Waals surface area contributed by atoms with E-state index < -0.39 is 0 Å². The van der Waals surface area contributed by atoms with E-state index >= 15 is 0 Å². The first-order valence-electron chi connectivity index (χ1n) is 7.40. The predicted molar refractivity (Wildman–Crippen MR) is 86.9 cm³/mol. The molecular weight excluding hydrogens is 318 g/mol. The number of hydrogen-bond donors (Lipinski definition) is 1. The fraction of sp³-hybridized carbons (Fsp3) is 0.400. The van der Waals surface area contributed by atoms with Crippen molar-refractivity contribution in [1.82, 2.24) is 20.1 Å². The fourth-order valence-electron chi connectivity index (χ4n) is 2.49. The number of nitrogens with one attached hydrogen (secondary N) is 1. The number of fused-ring (bicyclic) bond motifs is 1. The van der Waals surface area contributed by atoms with Crippen LogP contribution in [0.25, 0.3) is 0 Å². The minimum absolute atomic E-state index is 0.0417. The van der Waals surface area contributed by atoms with E-state index in [1.165, 1.54) is 0 Å². The molecule has 0 radical (unpaired) electrons. The molecule has 2 heterocycles. The summed E-state index contributed by atoms with van der Waals surface area (Å²) in [5, 5.41) is 11.3. The first kappa shape index (κ1) is 15.6. The van der Waals surface area contributed by atoms with E-state index in [9.17, 15) is 4.79 Å². The zero-order valence-electron chi connectivity index (χ0n) is 12.8. The van der Waals surface area contributed by atoms with E-state index in [2.05, 4.69) is 15.5 Å². The van der Waals surface area contributed by atoms with Gasteiger partial charge in [-0.1, -0.05) is 11.6 Å². The maximum Gasteiger partial charge on any atom is 0.239 e. The third-order valence-corrected chi connectivity index (χ3v) is 3.93. The van der Waals surface area contributed by atoms with Crippen LogP contribution in [0.4, 0.5) is 5.69 Å². The molecule has 122 valence electrons. The van der Waals surface area contributed by atoms with Crippen molar-refractivity contribution in [3.63, 3.8) is 0 Å². The van der Waals surface area contributed by atoms with Crippen molar-refractivity contribution in [3.05, 3.63) is 35.4 Å². The molecule has 2 aromatic rings. The SMILES string of the molecule is Cn1cnnc1CCNC(=O)CN1CCOc2ccc(Cl)cc21. The Hall–Kier alpha value is -2.28. The average Bonchev–Trinajstić information content (AvgIpc) is 2.93. The van der Waals surface area contributed by atoms with Crippen LogP contribution in [0.5, 0.6) is 5.75 Å². The Bertz CT molecular complexity index is 703. The number of benzene rings is 1. The first-order chi connectivity index (χ1) is 11.1. The lowest BCUT2D eigenvalue weighted by Gasteiger charge is -2.30. The lowest BCUT2D eigenvalue weighted by atomic mass is 10.2. The van der Waals surface area contributed by atoms with Crippen LogP contribution in [-0.4, -0.2) is 46.9 Å². The smallest absolute Gasteiger partial charge is 0.239 e. The Kier molecular flexibility index (Phi) is 4.66. The van der Waals surface area contributed by atoms with Gasteiger partial charge in [0, 0.05) is 25.0 Å². The Balaban J connectivity index is 1.55. The second kappa shape index (κ2) is 6.87. The van der Waals surface area contributed by atoms with Crippen molar-refractivity contribution in [1.29, 1.82) is 0 Å². The second-order valence-electron chi connectivity index (χ2n) is 5.34. The number of aromatic nitrogens is 3. The number of amides is 1. The standard InChI is InChI=1S/C15H18ClN5O2/c1-20-10-18-19-14(20)4-5-17-15(22)9-21-6-7-23-13-3-2-11(16)8-12(13)21/h2-3,8,10H,4-7,9H2,1H3,(H,17,22). The van der Waals surface area contributed by atoms with Gasteiger partial charge in [-0.3, -0.25) is 4.79 Å². The monoisotopic (exact) mass is 335 g/mol. The number of ether oxygens (including phenoxy) is 1. The van der Waals surface area contributed by atoms with Crippen molar-refractivity contribution in [2.75, 3.05) is 31.1 Å². The minimum Gasteiger partial charge on any atom is -0.490 e. The minimum atomic E-state index is -0.0417. The molecule has 0 bridgehead atoms. The Morgan fingerprint density at radius 1 is 1.48 bits per heavy atom. The van der Waals surface area contributed by atoms with Gasteiger partial charge in [-0.05, 0) is 18.2 Å². The molecule has 1 aromatic heterocycles. The number of aryl methyl sites for hydroxylation is 1. The number of anilines is 1. The molecule has 23 heavy (non-hydrogen) atoms. The summed E-state index contributed by atoms with van der Waals surface area (Å²) in [5.41, 5.74) is 0.854. The maximum atomic E-state index is 12.1. The van der Waals surface area contributed by atoms with Crippen molar-refractivity contribution >= 4 is 23.2 Å². The summed E-state index contributed by atoms with van der Waals surface area (Å²) >= 11 is 6.04. The van der Waals surface area contributed by atoms with E-state index in [-0.39, 0.29) is 12.5 Å². The molecule has 1 N–H and O–H groups in total. The largest absolute Gasteiger partial charge is 0.490 e. The van der Waals surface area contributed by atoms with Crippen molar-refractivity contribution < 1.29 is 9.53 Å². The maximum absolute atomic E-state index is 12.1. The molecule has 1 aliphatic rings. The number of halogens is 1. The molecule has 3 rings (SSSR count). The summed E-state index contributed by atoms with van der Waals surface area (Å²) in [4.78, 5) is 14.1. The van der Waals surface area contributed by atoms with E-state index in [1.807, 2.05) is 28.6 Å². The van der Waals surface area contributed by atoms with Crippen LogP contribution in [-0.2, 0) is 18.3 Å². The molecule has 0 saturated heterocycles. The number of carbonyl (C=O) groups excluding carboxylic acids is 1. The van der Waals surface area contributed by atoms with E-state index in [0.29, 0.717) is 31.1 Å². The zero-order chi connectivity index (χ0) is 16.2. The van der Waals surface area contributed by atoms with Gasteiger partial charge in [0.25, 0.3) is 0 Å². The van der Waals surface area contributed by atoms with E-state index in [1.54, 1.807) is 12.4 Å². The molecule has 1 aliphatic heterocycles. The van der Waals surface area contributed by atoms with Gasteiger partial charge in [-0.2, -0.15) is 0 Å². The Morgan fingerprint density at radius 2 is 2.35 bits per heavy atom. The van der Waals surface area contributed by atoms with Crippen LogP contribution in [0.1, 0.15) is 5.82 Å². The van der Waals surface area contributed by atoms with Crippen LogP contribution in [0.15, 0.2) is 24.5 Å². The highest BCUT2D eigenvalue weighted by Gasteiger charge is 2.20. The number of hydrogen-bond acceptors (Lipinski definition) is 5. The van der Waals surface area contributed by atoms with Gasteiger partial charge in [0.05, 0.1) is 18.8 Å². The lowest BCUT2D eigenvalue weighted by molar-refractivity contribution is -0.119. The van der Waals surface area contributed by atoms with Crippen LogP contribution in [0, 0.1) is 0 Å². The van der Waals surface area contributed by atoms with Gasteiger partial charge in [0.1, 0.15) is 24.5 Å². The zero-order valence-corrected chi connectivity index (χ0v) is 13.6. The molecule has 0 fully saturated rings. The van der Waals surface area contributed by atoms with Crippen LogP contribution in [0.2, 0.25) is 5.02 Å². The summed E-state index contributed by atoms with van der Waals surface area (Å²) < 4.78 is 7.42. The highest BCUT2D eigenvalue weighted by Crippen LogP contribution is 2.33. The number of carbonyl (C=O) groups is 1. The molecule has 7 nitrogen and oxygen atoms in total. The number of nitrogens with zero attached hydrogens (tertiary/aromatic N) is 4. The Morgan fingerprint density at radius 3 is 3.13 bits per heavy atom. The summed E-state index contributed by atoms with van der Waals surface area (Å²) in [6.45, 7) is 2.01. The third-order valence-electron chi connectivity index (χ3n) is 3.69. The quantitative estimate of drug-likeness (QED) is 0.883. The normalized spacial score (nSPS) is 13.4. The number of rotatable bonds is 5.